The van der Waals surface area contributed by atoms with Crippen LogP contribution in [0.4, 0.5) is 11.4 Å². The first kappa shape index (κ1) is 16.4. The predicted octanol–water partition coefficient (Wildman–Crippen LogP) is 3.18. The van der Waals surface area contributed by atoms with E-state index < -0.39 is 0 Å². The van der Waals surface area contributed by atoms with Crippen LogP contribution in [-0.2, 0) is 4.79 Å². The Kier molecular flexibility index (Phi) is 5.95. The topological polar surface area (TPSA) is 73.6 Å². The lowest BCUT2D eigenvalue weighted by Gasteiger charge is -2.13. The zero-order valence-corrected chi connectivity index (χ0v) is 12.6. The Morgan fingerprint density at radius 3 is 2.50 bits per heavy atom. The van der Waals surface area contributed by atoms with E-state index in [0.29, 0.717) is 35.2 Å². The molecule has 112 valence electrons. The van der Waals surface area contributed by atoms with Crippen molar-refractivity contribution in [3.8, 4) is 11.5 Å². The predicted molar refractivity (Wildman–Crippen MR) is 81.5 cm³/mol. The van der Waals surface area contributed by atoms with Crippen LogP contribution in [0.15, 0.2) is 12.1 Å². The number of nitrogens with one attached hydrogen (secondary N) is 1. The lowest BCUT2D eigenvalue weighted by Crippen LogP contribution is -2.16. The Balaban J connectivity index is 0.00000200. The molecule has 0 spiro atoms. The molecular formula is C14H21ClN2O3. The van der Waals surface area contributed by atoms with Gasteiger partial charge in [-0.1, -0.05) is 26.7 Å². The second-order valence-corrected chi connectivity index (χ2v) is 4.73. The number of benzene rings is 1. The number of nitrogen functional groups attached to an aromatic ring is 1. The lowest BCUT2D eigenvalue weighted by atomic mass is 9.99. The molecule has 1 aliphatic rings. The average molecular weight is 301 g/mol. The van der Waals surface area contributed by atoms with E-state index in [1.807, 2.05) is 0 Å². The highest BCUT2D eigenvalue weighted by Crippen LogP contribution is 2.38. The van der Waals surface area contributed by atoms with Crippen molar-refractivity contribution in [2.24, 2.45) is 5.92 Å². The van der Waals surface area contributed by atoms with E-state index in [0.717, 1.165) is 12.8 Å². The Morgan fingerprint density at radius 1 is 1.30 bits per heavy atom. The second-order valence-electron chi connectivity index (χ2n) is 4.73. The van der Waals surface area contributed by atoms with Gasteiger partial charge in [-0.2, -0.15) is 0 Å². The van der Waals surface area contributed by atoms with Gasteiger partial charge in [-0.3, -0.25) is 4.79 Å². The molecule has 0 aliphatic carbocycles. The van der Waals surface area contributed by atoms with E-state index in [9.17, 15) is 4.79 Å². The molecule has 0 bridgehead atoms. The molecule has 0 saturated heterocycles. The summed E-state index contributed by atoms with van der Waals surface area (Å²) < 4.78 is 10.5. The summed E-state index contributed by atoms with van der Waals surface area (Å²) in [6.07, 6.45) is 2.52. The Morgan fingerprint density at radius 2 is 1.90 bits per heavy atom. The number of nitrogens with two attached hydrogens (primary N) is 1. The fourth-order valence-electron chi connectivity index (χ4n) is 2.11. The zero-order chi connectivity index (χ0) is 13.8. The highest BCUT2D eigenvalue weighted by molar-refractivity contribution is 5.94. The normalized spacial score (nSPS) is 12.2. The standard InChI is InChI=1S/C14H20N2O3.ClH/c1-3-9(4-2)5-14(17)16-11-7-13-12(6-10(11)15)18-8-19-13;/h6-7,9H,3-5,8,15H2,1-2H3,(H,16,17);1H. The third kappa shape index (κ3) is 3.70. The zero-order valence-electron chi connectivity index (χ0n) is 11.8. The number of ether oxygens (including phenoxy) is 2. The summed E-state index contributed by atoms with van der Waals surface area (Å²) in [7, 11) is 0. The maximum absolute atomic E-state index is 12.0. The molecule has 6 heteroatoms. The molecule has 0 fully saturated rings. The van der Waals surface area contributed by atoms with Crippen LogP contribution < -0.4 is 20.5 Å². The third-order valence-corrected chi connectivity index (χ3v) is 3.45. The number of hydrogen-bond acceptors (Lipinski definition) is 4. The van der Waals surface area contributed by atoms with Crippen molar-refractivity contribution in [1.82, 2.24) is 0 Å². The van der Waals surface area contributed by atoms with Crippen LogP contribution in [0.1, 0.15) is 33.1 Å². The molecule has 0 aromatic heterocycles. The third-order valence-electron chi connectivity index (χ3n) is 3.45. The number of fused-ring (bicyclic) bond motifs is 1. The fraction of sp³-hybridized carbons (Fsp3) is 0.500. The van der Waals surface area contributed by atoms with Gasteiger partial charge < -0.3 is 20.5 Å². The summed E-state index contributed by atoms with van der Waals surface area (Å²) in [5.41, 5.74) is 6.96. The molecule has 0 radical (unpaired) electrons. The van der Waals surface area contributed by atoms with Crippen molar-refractivity contribution in [2.45, 2.75) is 33.1 Å². The molecule has 0 saturated carbocycles. The summed E-state index contributed by atoms with van der Waals surface area (Å²) in [4.78, 5) is 12.0. The van der Waals surface area contributed by atoms with Crippen LogP contribution in [0.5, 0.6) is 11.5 Å². The molecule has 1 aromatic rings. The Bertz CT molecular complexity index is 476. The number of carbonyl (C=O) groups excluding carboxylic acids is 1. The Labute approximate surface area is 125 Å². The fourth-order valence-corrected chi connectivity index (χ4v) is 2.11. The minimum absolute atomic E-state index is 0. The van der Waals surface area contributed by atoms with Crippen molar-refractivity contribution < 1.29 is 14.3 Å². The van der Waals surface area contributed by atoms with Crippen molar-refractivity contribution in [2.75, 3.05) is 17.8 Å². The smallest absolute Gasteiger partial charge is 0.231 e. The molecule has 2 rings (SSSR count). The van der Waals surface area contributed by atoms with E-state index in [1.165, 1.54) is 0 Å². The highest BCUT2D eigenvalue weighted by atomic mass is 35.5. The minimum atomic E-state index is -0.0146. The van der Waals surface area contributed by atoms with Gasteiger partial charge in [-0.15, -0.1) is 12.4 Å². The summed E-state index contributed by atoms with van der Waals surface area (Å²) in [5, 5.41) is 2.84. The molecule has 1 amide bonds. The van der Waals surface area contributed by atoms with Gasteiger partial charge in [0.25, 0.3) is 0 Å². The van der Waals surface area contributed by atoms with Gasteiger partial charge in [-0.05, 0) is 5.92 Å². The van der Waals surface area contributed by atoms with Gasteiger partial charge in [0.2, 0.25) is 12.7 Å². The first-order chi connectivity index (χ1) is 9.13. The van der Waals surface area contributed by atoms with Crippen molar-refractivity contribution in [3.63, 3.8) is 0 Å². The highest BCUT2D eigenvalue weighted by Gasteiger charge is 2.18. The first-order valence-corrected chi connectivity index (χ1v) is 6.63. The van der Waals surface area contributed by atoms with Crippen molar-refractivity contribution in [1.29, 1.82) is 0 Å². The lowest BCUT2D eigenvalue weighted by molar-refractivity contribution is -0.117. The monoisotopic (exact) mass is 300 g/mol. The number of anilines is 2. The quantitative estimate of drug-likeness (QED) is 0.819. The molecule has 1 aromatic carbocycles. The van der Waals surface area contributed by atoms with Gasteiger partial charge in [0, 0.05) is 18.6 Å². The van der Waals surface area contributed by atoms with Crippen LogP contribution >= 0.6 is 12.4 Å². The molecule has 1 heterocycles. The summed E-state index contributed by atoms with van der Waals surface area (Å²) in [6.45, 7) is 4.38. The van der Waals surface area contributed by atoms with Crippen molar-refractivity contribution in [3.05, 3.63) is 12.1 Å². The van der Waals surface area contributed by atoms with Gasteiger partial charge in [0.15, 0.2) is 11.5 Å². The van der Waals surface area contributed by atoms with Crippen LogP contribution in [0.3, 0.4) is 0 Å². The minimum Gasteiger partial charge on any atom is -0.454 e. The Hall–Kier alpha value is -1.62. The van der Waals surface area contributed by atoms with Crippen LogP contribution in [0, 0.1) is 5.92 Å². The first-order valence-electron chi connectivity index (χ1n) is 6.63. The SMILES string of the molecule is CCC(CC)CC(=O)Nc1cc2c(cc1N)OCO2.Cl. The van der Waals surface area contributed by atoms with Gasteiger partial charge in [0.1, 0.15) is 0 Å². The number of carbonyl (C=O) groups is 1. The summed E-state index contributed by atoms with van der Waals surface area (Å²) in [5.74, 6) is 1.64. The molecule has 1 aliphatic heterocycles. The molecular weight excluding hydrogens is 280 g/mol. The largest absolute Gasteiger partial charge is 0.454 e. The number of rotatable bonds is 5. The van der Waals surface area contributed by atoms with Crippen molar-refractivity contribution >= 4 is 29.7 Å². The molecule has 3 N–H and O–H groups in total. The molecule has 0 atom stereocenters. The molecule has 0 unspecified atom stereocenters. The van der Waals surface area contributed by atoms with Gasteiger partial charge in [-0.25, -0.2) is 0 Å². The van der Waals surface area contributed by atoms with E-state index in [1.54, 1.807) is 12.1 Å². The van der Waals surface area contributed by atoms with E-state index in [-0.39, 0.29) is 25.1 Å². The van der Waals surface area contributed by atoms with Crippen LogP contribution in [0.2, 0.25) is 0 Å². The summed E-state index contributed by atoms with van der Waals surface area (Å²) in [6, 6.07) is 3.39. The molecule has 5 nitrogen and oxygen atoms in total. The second kappa shape index (κ2) is 7.24. The molecule has 20 heavy (non-hydrogen) atoms. The maximum Gasteiger partial charge on any atom is 0.231 e. The number of amides is 1. The van der Waals surface area contributed by atoms with Crippen LogP contribution in [-0.4, -0.2) is 12.7 Å². The van der Waals surface area contributed by atoms with E-state index in [4.69, 9.17) is 15.2 Å². The van der Waals surface area contributed by atoms with Gasteiger partial charge >= 0.3 is 0 Å². The number of hydrogen-bond donors (Lipinski definition) is 2. The summed E-state index contributed by atoms with van der Waals surface area (Å²) >= 11 is 0. The maximum atomic E-state index is 12.0. The number of halogens is 1. The van der Waals surface area contributed by atoms with E-state index in [2.05, 4.69) is 19.2 Å². The van der Waals surface area contributed by atoms with Gasteiger partial charge in [0.05, 0.1) is 11.4 Å². The average Bonchev–Trinajstić information content (AvgIpc) is 2.83. The van der Waals surface area contributed by atoms with Crippen LogP contribution in [0.25, 0.3) is 0 Å². The van der Waals surface area contributed by atoms with E-state index >= 15 is 0 Å².